The zero-order chi connectivity index (χ0) is 15.1. The third-order valence-corrected chi connectivity index (χ3v) is 2.48. The number of halogens is 3. The standard InChI is InChI=1S/C12H12ClF2NO4/c13-7-1-3-8(4-2-7)20-6-11(17)16-9(12(18)19)5-10(14)15/h1-4,9-10H,5-6H2,(H,16,17)(H,18,19). The largest absolute Gasteiger partial charge is 0.484 e. The predicted molar refractivity (Wildman–Crippen MR) is 67.1 cm³/mol. The highest BCUT2D eigenvalue weighted by Gasteiger charge is 2.24. The molecule has 0 aliphatic rings. The number of rotatable bonds is 7. The van der Waals surface area contributed by atoms with Crippen molar-refractivity contribution in [3.8, 4) is 5.75 Å². The molecule has 0 bridgehead atoms. The summed E-state index contributed by atoms with van der Waals surface area (Å²) in [6.07, 6.45) is -3.78. The topological polar surface area (TPSA) is 75.6 Å². The van der Waals surface area contributed by atoms with Crippen molar-refractivity contribution in [2.24, 2.45) is 0 Å². The quantitative estimate of drug-likeness (QED) is 0.807. The van der Waals surface area contributed by atoms with Gasteiger partial charge in [0.25, 0.3) is 5.91 Å². The lowest BCUT2D eigenvalue weighted by Gasteiger charge is -2.14. The molecule has 20 heavy (non-hydrogen) atoms. The molecule has 0 aliphatic heterocycles. The number of nitrogens with one attached hydrogen (secondary N) is 1. The number of hydrogen-bond acceptors (Lipinski definition) is 3. The van der Waals surface area contributed by atoms with Crippen LogP contribution in [0.1, 0.15) is 6.42 Å². The number of alkyl halides is 2. The fourth-order valence-corrected chi connectivity index (χ4v) is 1.44. The SMILES string of the molecule is O=C(COc1ccc(Cl)cc1)NC(CC(F)F)C(=O)O. The van der Waals surface area contributed by atoms with Crippen molar-refractivity contribution in [1.29, 1.82) is 0 Å². The summed E-state index contributed by atoms with van der Waals surface area (Å²) in [7, 11) is 0. The molecule has 0 saturated carbocycles. The monoisotopic (exact) mass is 307 g/mol. The highest BCUT2D eigenvalue weighted by molar-refractivity contribution is 6.30. The van der Waals surface area contributed by atoms with Gasteiger partial charge in [-0.15, -0.1) is 0 Å². The minimum absolute atomic E-state index is 0.352. The summed E-state index contributed by atoms with van der Waals surface area (Å²) in [4.78, 5) is 22.1. The molecule has 1 atom stereocenters. The van der Waals surface area contributed by atoms with Gasteiger partial charge in [0.2, 0.25) is 6.43 Å². The van der Waals surface area contributed by atoms with E-state index in [-0.39, 0.29) is 0 Å². The lowest BCUT2D eigenvalue weighted by Crippen LogP contribution is -2.44. The van der Waals surface area contributed by atoms with Crippen LogP contribution in [-0.4, -0.2) is 36.1 Å². The number of aliphatic carboxylic acids is 1. The molecule has 0 aromatic heterocycles. The average Bonchev–Trinajstić information content (AvgIpc) is 2.36. The Balaban J connectivity index is 2.45. The van der Waals surface area contributed by atoms with E-state index in [1.165, 1.54) is 12.1 Å². The zero-order valence-electron chi connectivity index (χ0n) is 10.2. The number of carboxylic acid groups (broad SMARTS) is 1. The van der Waals surface area contributed by atoms with Gasteiger partial charge in [-0.05, 0) is 24.3 Å². The first-order chi connectivity index (χ1) is 9.38. The molecule has 1 rings (SSSR count). The van der Waals surface area contributed by atoms with Crippen molar-refractivity contribution >= 4 is 23.5 Å². The van der Waals surface area contributed by atoms with Crippen molar-refractivity contribution in [2.75, 3.05) is 6.61 Å². The molecule has 1 aromatic carbocycles. The maximum absolute atomic E-state index is 12.1. The molecule has 110 valence electrons. The van der Waals surface area contributed by atoms with Crippen LogP contribution in [0.3, 0.4) is 0 Å². The molecule has 0 saturated heterocycles. The summed E-state index contributed by atoms with van der Waals surface area (Å²) < 4.78 is 29.3. The van der Waals surface area contributed by atoms with Gasteiger partial charge in [-0.3, -0.25) is 4.79 Å². The number of benzene rings is 1. The molecule has 0 spiro atoms. The second-order valence-electron chi connectivity index (χ2n) is 3.83. The van der Waals surface area contributed by atoms with E-state index in [0.717, 1.165) is 0 Å². The second-order valence-corrected chi connectivity index (χ2v) is 4.26. The molecular weight excluding hydrogens is 296 g/mol. The first-order valence-electron chi connectivity index (χ1n) is 5.57. The lowest BCUT2D eigenvalue weighted by atomic mass is 10.2. The third-order valence-electron chi connectivity index (χ3n) is 2.23. The van der Waals surface area contributed by atoms with Crippen molar-refractivity contribution in [2.45, 2.75) is 18.9 Å². The Morgan fingerprint density at radius 2 is 1.90 bits per heavy atom. The Bertz CT molecular complexity index is 467. The van der Waals surface area contributed by atoms with E-state index in [0.29, 0.717) is 10.8 Å². The van der Waals surface area contributed by atoms with Crippen LogP contribution < -0.4 is 10.1 Å². The van der Waals surface area contributed by atoms with Crippen LogP contribution in [0.5, 0.6) is 5.75 Å². The Labute approximate surface area is 118 Å². The average molecular weight is 308 g/mol. The molecule has 8 heteroatoms. The number of hydrogen-bond donors (Lipinski definition) is 2. The molecule has 5 nitrogen and oxygen atoms in total. The number of amides is 1. The number of ether oxygens (including phenoxy) is 1. The van der Waals surface area contributed by atoms with Crippen LogP contribution in [0.25, 0.3) is 0 Å². The van der Waals surface area contributed by atoms with Gasteiger partial charge in [0.1, 0.15) is 11.8 Å². The Morgan fingerprint density at radius 1 is 1.30 bits per heavy atom. The van der Waals surface area contributed by atoms with Gasteiger partial charge in [0, 0.05) is 11.4 Å². The van der Waals surface area contributed by atoms with Crippen LogP contribution in [-0.2, 0) is 9.59 Å². The Hall–Kier alpha value is -1.89. The second kappa shape index (κ2) is 7.64. The normalized spacial score (nSPS) is 12.0. The van der Waals surface area contributed by atoms with Crippen molar-refractivity contribution in [3.63, 3.8) is 0 Å². The van der Waals surface area contributed by atoms with Gasteiger partial charge >= 0.3 is 5.97 Å². The summed E-state index contributed by atoms with van der Waals surface area (Å²) in [5.41, 5.74) is 0. The Morgan fingerprint density at radius 3 is 2.40 bits per heavy atom. The van der Waals surface area contributed by atoms with E-state index >= 15 is 0 Å². The van der Waals surface area contributed by atoms with Crippen LogP contribution in [0.15, 0.2) is 24.3 Å². The molecular formula is C12H12ClF2NO4. The maximum atomic E-state index is 12.1. The highest BCUT2D eigenvalue weighted by Crippen LogP contribution is 2.15. The summed E-state index contributed by atoms with van der Waals surface area (Å²) in [5, 5.41) is 11.1. The maximum Gasteiger partial charge on any atom is 0.326 e. The molecule has 0 aliphatic carbocycles. The van der Waals surface area contributed by atoms with E-state index in [1.807, 2.05) is 5.32 Å². The van der Waals surface area contributed by atoms with Gasteiger partial charge in [-0.1, -0.05) is 11.6 Å². The molecule has 1 unspecified atom stereocenters. The molecule has 0 heterocycles. The number of carboxylic acids is 1. The number of carbonyl (C=O) groups is 2. The minimum atomic E-state index is -2.83. The van der Waals surface area contributed by atoms with Crippen molar-refractivity contribution in [3.05, 3.63) is 29.3 Å². The lowest BCUT2D eigenvalue weighted by molar-refractivity contribution is -0.143. The third kappa shape index (κ3) is 5.83. The molecule has 2 N–H and O–H groups in total. The number of carbonyl (C=O) groups excluding carboxylic acids is 1. The molecule has 1 aromatic rings. The van der Waals surface area contributed by atoms with Gasteiger partial charge in [-0.25, -0.2) is 13.6 Å². The fraction of sp³-hybridized carbons (Fsp3) is 0.333. The van der Waals surface area contributed by atoms with E-state index in [2.05, 4.69) is 0 Å². The summed E-state index contributed by atoms with van der Waals surface area (Å²) in [6.45, 7) is -0.478. The summed E-state index contributed by atoms with van der Waals surface area (Å²) in [6, 6.07) is 4.49. The summed E-state index contributed by atoms with van der Waals surface area (Å²) >= 11 is 5.66. The van der Waals surface area contributed by atoms with Crippen molar-refractivity contribution in [1.82, 2.24) is 5.32 Å². The van der Waals surface area contributed by atoms with Crippen LogP contribution in [0.4, 0.5) is 8.78 Å². The van der Waals surface area contributed by atoms with Crippen LogP contribution in [0, 0.1) is 0 Å². The smallest absolute Gasteiger partial charge is 0.326 e. The molecule has 0 fully saturated rings. The van der Waals surface area contributed by atoms with Gasteiger partial charge < -0.3 is 15.2 Å². The first-order valence-corrected chi connectivity index (χ1v) is 5.95. The highest BCUT2D eigenvalue weighted by atomic mass is 35.5. The van der Waals surface area contributed by atoms with E-state index < -0.39 is 37.4 Å². The predicted octanol–water partition coefficient (Wildman–Crippen LogP) is 1.94. The van der Waals surface area contributed by atoms with Gasteiger partial charge in [0.15, 0.2) is 6.61 Å². The zero-order valence-corrected chi connectivity index (χ0v) is 10.9. The minimum Gasteiger partial charge on any atom is -0.484 e. The first kappa shape index (κ1) is 16.2. The van der Waals surface area contributed by atoms with Crippen molar-refractivity contribution < 1.29 is 28.2 Å². The fourth-order valence-electron chi connectivity index (χ4n) is 1.32. The van der Waals surface area contributed by atoms with E-state index in [1.54, 1.807) is 12.1 Å². The molecule has 1 amide bonds. The van der Waals surface area contributed by atoms with E-state index in [9.17, 15) is 18.4 Å². The molecule has 0 radical (unpaired) electrons. The van der Waals surface area contributed by atoms with E-state index in [4.69, 9.17) is 21.4 Å². The Kier molecular flexibility index (Phi) is 6.17. The van der Waals surface area contributed by atoms with Crippen LogP contribution in [0.2, 0.25) is 5.02 Å². The summed E-state index contributed by atoms with van der Waals surface area (Å²) in [5.74, 6) is -1.97. The van der Waals surface area contributed by atoms with Gasteiger partial charge in [-0.2, -0.15) is 0 Å². The van der Waals surface area contributed by atoms with Gasteiger partial charge in [0.05, 0.1) is 0 Å². The van der Waals surface area contributed by atoms with Crippen LogP contribution >= 0.6 is 11.6 Å².